The van der Waals surface area contributed by atoms with Crippen molar-refractivity contribution in [2.24, 2.45) is 11.3 Å². The lowest BCUT2D eigenvalue weighted by molar-refractivity contribution is -0.124. The number of Topliss-reactive ketones (excluding diaryl/α,β-unsaturated/α-hetero) is 1. The van der Waals surface area contributed by atoms with Crippen LogP contribution in [0, 0.1) is 22.7 Å². The molecule has 2 atom stereocenters. The fraction of sp³-hybridized carbons (Fsp3) is 0.688. The molecule has 0 heterocycles. The predicted octanol–water partition coefficient (Wildman–Crippen LogP) is 3.42. The second-order valence-corrected chi connectivity index (χ2v) is 12.8. The Morgan fingerprint density at radius 1 is 1.45 bits per heavy atom. The van der Waals surface area contributed by atoms with E-state index in [2.05, 4.69) is 26.8 Å². The number of allylic oxidation sites excluding steroid dienone is 2. The molecule has 2 rings (SSSR count). The summed E-state index contributed by atoms with van der Waals surface area (Å²) in [5.41, 5.74) is -0.592. The van der Waals surface area contributed by atoms with Gasteiger partial charge in [-0.05, 0) is 23.8 Å². The van der Waals surface area contributed by atoms with Crippen molar-refractivity contribution in [1.82, 2.24) is 0 Å². The zero-order valence-corrected chi connectivity index (χ0v) is 14.0. The standard InChI is InChI=1S/C16H23NO2Si/c1-15(2,3)20(4,5)14(19)12-8-6-11-7-9-13(18)16(11,12)10-17/h8,11H,6-7,9H2,1-5H3/t11-,16+/m0/s1. The van der Waals surface area contributed by atoms with Crippen molar-refractivity contribution in [3.63, 3.8) is 0 Å². The SMILES string of the molecule is CC(C)(C)[Si](C)(C)C(=O)C1=CC[C@H]2CCC(=O)[C@@]12C#N. The van der Waals surface area contributed by atoms with Crippen LogP contribution in [0.4, 0.5) is 0 Å². The van der Waals surface area contributed by atoms with Gasteiger partial charge in [0.2, 0.25) is 0 Å². The summed E-state index contributed by atoms with van der Waals surface area (Å²) in [7, 11) is -2.24. The Balaban J connectivity index is 2.47. The zero-order valence-electron chi connectivity index (χ0n) is 13.0. The zero-order chi connectivity index (χ0) is 15.3. The van der Waals surface area contributed by atoms with Crippen LogP contribution in [0.25, 0.3) is 0 Å². The van der Waals surface area contributed by atoms with Gasteiger partial charge in [0.15, 0.2) is 5.78 Å². The summed E-state index contributed by atoms with van der Waals surface area (Å²) in [5.74, 6) is -0.00970. The molecule has 0 radical (unpaired) electrons. The van der Waals surface area contributed by atoms with E-state index < -0.39 is 13.5 Å². The summed E-state index contributed by atoms with van der Waals surface area (Å²) < 4.78 is 0. The van der Waals surface area contributed by atoms with Crippen LogP contribution in [-0.2, 0) is 9.59 Å². The molecule has 0 saturated heterocycles. The summed E-state index contributed by atoms with van der Waals surface area (Å²) in [4.78, 5) is 25.4. The lowest BCUT2D eigenvalue weighted by atomic mass is 9.77. The van der Waals surface area contributed by atoms with E-state index in [9.17, 15) is 14.9 Å². The van der Waals surface area contributed by atoms with Crippen LogP contribution < -0.4 is 0 Å². The average Bonchev–Trinajstić information content (AvgIpc) is 2.85. The number of carbonyl (C=O) groups is 2. The number of ketones is 1. The van der Waals surface area contributed by atoms with Gasteiger partial charge in [0.1, 0.15) is 18.9 Å². The molecule has 20 heavy (non-hydrogen) atoms. The molecule has 0 aromatic heterocycles. The molecule has 0 bridgehead atoms. The van der Waals surface area contributed by atoms with Gasteiger partial charge in [0.05, 0.1) is 6.07 Å². The molecular weight excluding hydrogens is 266 g/mol. The van der Waals surface area contributed by atoms with Gasteiger partial charge >= 0.3 is 0 Å². The topological polar surface area (TPSA) is 57.9 Å². The van der Waals surface area contributed by atoms with Gasteiger partial charge in [-0.1, -0.05) is 39.9 Å². The van der Waals surface area contributed by atoms with Crippen LogP contribution in [0.5, 0.6) is 0 Å². The first kappa shape index (κ1) is 15.2. The fourth-order valence-corrected chi connectivity index (χ4v) is 4.85. The van der Waals surface area contributed by atoms with Crippen molar-refractivity contribution in [2.75, 3.05) is 0 Å². The number of nitrogens with zero attached hydrogens (tertiary/aromatic N) is 1. The monoisotopic (exact) mass is 289 g/mol. The number of nitriles is 1. The van der Waals surface area contributed by atoms with E-state index in [4.69, 9.17) is 0 Å². The Morgan fingerprint density at radius 3 is 2.55 bits per heavy atom. The molecule has 0 aromatic rings. The summed E-state index contributed by atoms with van der Waals surface area (Å²) in [6, 6.07) is 2.23. The first-order valence-corrected chi connectivity index (χ1v) is 10.3. The molecule has 2 aliphatic carbocycles. The van der Waals surface area contributed by atoms with Crippen LogP contribution in [0.15, 0.2) is 11.6 Å². The van der Waals surface area contributed by atoms with Crippen LogP contribution in [0.2, 0.25) is 18.1 Å². The van der Waals surface area contributed by atoms with E-state index in [1.807, 2.05) is 19.2 Å². The van der Waals surface area contributed by atoms with Crippen molar-refractivity contribution in [2.45, 2.75) is 58.2 Å². The summed E-state index contributed by atoms with van der Waals surface area (Å²) >= 11 is 0. The molecule has 1 fully saturated rings. The second kappa shape index (κ2) is 4.39. The highest BCUT2D eigenvalue weighted by atomic mass is 28.3. The Hall–Kier alpha value is -1.21. The molecule has 0 aromatic carbocycles. The van der Waals surface area contributed by atoms with Gasteiger partial charge in [-0.25, -0.2) is 0 Å². The minimum Gasteiger partial charge on any atom is -0.300 e. The fourth-order valence-electron chi connectivity index (χ4n) is 3.20. The Labute approximate surface area is 122 Å². The second-order valence-electron chi connectivity index (χ2n) is 7.64. The number of fused-ring (bicyclic) bond motifs is 1. The first-order chi connectivity index (χ1) is 9.09. The maximum atomic E-state index is 13.1. The lowest BCUT2D eigenvalue weighted by Crippen LogP contribution is -2.50. The summed E-state index contributed by atoms with van der Waals surface area (Å²) in [6.07, 6.45) is 3.78. The maximum absolute atomic E-state index is 13.1. The van der Waals surface area contributed by atoms with Crippen LogP contribution in [-0.4, -0.2) is 19.3 Å². The first-order valence-electron chi connectivity index (χ1n) is 7.29. The van der Waals surface area contributed by atoms with Crippen molar-refractivity contribution in [3.8, 4) is 6.07 Å². The Bertz CT molecular complexity index is 548. The van der Waals surface area contributed by atoms with Crippen molar-refractivity contribution < 1.29 is 9.59 Å². The minimum atomic E-state index is -2.24. The number of hydrogen-bond acceptors (Lipinski definition) is 3. The minimum absolute atomic E-state index is 0.0312. The van der Waals surface area contributed by atoms with Crippen molar-refractivity contribution >= 4 is 19.3 Å². The average molecular weight is 289 g/mol. The van der Waals surface area contributed by atoms with Gasteiger partial charge in [-0.15, -0.1) is 0 Å². The van der Waals surface area contributed by atoms with Gasteiger partial charge < -0.3 is 4.79 Å². The molecule has 0 amide bonds. The third-order valence-electron chi connectivity index (χ3n) is 5.67. The molecule has 4 heteroatoms. The highest BCUT2D eigenvalue weighted by molar-refractivity contribution is 7.08. The van der Waals surface area contributed by atoms with Gasteiger partial charge in [0, 0.05) is 12.0 Å². The van der Waals surface area contributed by atoms with E-state index >= 15 is 0 Å². The third-order valence-corrected chi connectivity index (χ3v) is 10.8. The molecule has 108 valence electrons. The van der Waals surface area contributed by atoms with E-state index in [1.54, 1.807) is 0 Å². The third kappa shape index (κ3) is 1.76. The number of hydrogen-bond donors (Lipinski definition) is 0. The Kier molecular flexibility index (Phi) is 3.33. The van der Waals surface area contributed by atoms with Crippen LogP contribution >= 0.6 is 0 Å². The maximum Gasteiger partial charge on any atom is 0.157 e. The van der Waals surface area contributed by atoms with Gasteiger partial charge in [-0.2, -0.15) is 5.26 Å². The Morgan fingerprint density at radius 2 is 2.05 bits per heavy atom. The normalized spacial score (nSPS) is 29.9. The lowest BCUT2D eigenvalue weighted by Gasteiger charge is -2.37. The van der Waals surface area contributed by atoms with E-state index in [-0.39, 0.29) is 22.1 Å². The number of carbonyl (C=O) groups excluding carboxylic acids is 2. The predicted molar refractivity (Wildman–Crippen MR) is 80.7 cm³/mol. The molecule has 0 N–H and O–H groups in total. The molecule has 2 aliphatic rings. The van der Waals surface area contributed by atoms with E-state index in [1.165, 1.54) is 0 Å². The van der Waals surface area contributed by atoms with Crippen molar-refractivity contribution in [1.29, 1.82) is 5.26 Å². The quantitative estimate of drug-likeness (QED) is 0.732. The van der Waals surface area contributed by atoms with Gasteiger partial charge in [0.25, 0.3) is 0 Å². The van der Waals surface area contributed by atoms with Crippen molar-refractivity contribution in [3.05, 3.63) is 11.6 Å². The molecule has 0 spiro atoms. The largest absolute Gasteiger partial charge is 0.300 e. The highest BCUT2D eigenvalue weighted by Gasteiger charge is 2.59. The molecule has 0 unspecified atom stereocenters. The van der Waals surface area contributed by atoms with E-state index in [0.717, 1.165) is 6.42 Å². The molecule has 1 saturated carbocycles. The smallest absolute Gasteiger partial charge is 0.157 e. The van der Waals surface area contributed by atoms with Crippen LogP contribution in [0.1, 0.15) is 40.0 Å². The van der Waals surface area contributed by atoms with Crippen LogP contribution in [0.3, 0.4) is 0 Å². The molecule has 0 aliphatic heterocycles. The highest BCUT2D eigenvalue weighted by Crippen LogP contribution is 2.54. The summed E-state index contributed by atoms with van der Waals surface area (Å²) in [6.45, 7) is 10.3. The molecular formula is C16H23NO2Si. The van der Waals surface area contributed by atoms with E-state index in [0.29, 0.717) is 18.4 Å². The van der Waals surface area contributed by atoms with Gasteiger partial charge in [-0.3, -0.25) is 4.79 Å². The summed E-state index contributed by atoms with van der Waals surface area (Å²) in [5, 5.41) is 9.66. The molecule has 3 nitrogen and oxygen atoms in total. The number of rotatable bonds is 2.